The second kappa shape index (κ2) is 7.93. The number of fused-ring (bicyclic) bond motifs is 5. The van der Waals surface area contributed by atoms with E-state index >= 15 is 0 Å². The summed E-state index contributed by atoms with van der Waals surface area (Å²) in [6, 6.07) is 0. The monoisotopic (exact) mass is 430 g/mol. The summed E-state index contributed by atoms with van der Waals surface area (Å²) in [5, 5.41) is 9.60. The number of piperidine rings is 1. The number of likely N-dealkylation sites (tertiary alicyclic amines) is 1. The van der Waals surface area contributed by atoms with Crippen LogP contribution in [-0.2, 0) is 14.4 Å². The van der Waals surface area contributed by atoms with Crippen LogP contribution in [0.4, 0.5) is 0 Å². The van der Waals surface area contributed by atoms with E-state index in [0.717, 1.165) is 18.7 Å². The van der Waals surface area contributed by atoms with Crippen molar-refractivity contribution in [3.05, 3.63) is 11.8 Å². The highest BCUT2D eigenvalue weighted by Crippen LogP contribution is 2.64. The number of rotatable bonds is 5. The summed E-state index contributed by atoms with van der Waals surface area (Å²) >= 11 is 0. The second-order valence-electron chi connectivity index (χ2n) is 10.9. The van der Waals surface area contributed by atoms with E-state index in [1.807, 2.05) is 18.7 Å². The second-order valence-corrected chi connectivity index (χ2v) is 10.9. The van der Waals surface area contributed by atoms with Crippen LogP contribution < -0.4 is 0 Å². The van der Waals surface area contributed by atoms with E-state index in [1.165, 1.54) is 25.7 Å². The van der Waals surface area contributed by atoms with E-state index < -0.39 is 11.9 Å². The Morgan fingerprint density at radius 3 is 2.52 bits per heavy atom. The fourth-order valence-electron chi connectivity index (χ4n) is 7.78. The molecule has 0 radical (unpaired) electrons. The molecule has 31 heavy (non-hydrogen) atoms. The lowest BCUT2D eigenvalue weighted by Crippen LogP contribution is -2.59. The van der Waals surface area contributed by atoms with Crippen molar-refractivity contribution in [3.8, 4) is 0 Å². The topological polar surface area (TPSA) is 77.9 Å². The molecule has 4 rings (SSSR count). The first-order chi connectivity index (χ1) is 14.6. The number of carboxylic acids is 1. The fraction of sp³-hybridized carbons (Fsp3) is 0.800. The summed E-state index contributed by atoms with van der Waals surface area (Å²) in [4.78, 5) is 41.7. The van der Waals surface area contributed by atoms with Gasteiger partial charge in [0, 0.05) is 36.8 Å². The molecule has 0 aromatic heterocycles. The number of nitrogens with zero attached hydrogens (tertiary/aromatic N) is 2. The van der Waals surface area contributed by atoms with Crippen LogP contribution in [0.3, 0.4) is 0 Å². The molecule has 172 valence electrons. The van der Waals surface area contributed by atoms with Crippen LogP contribution >= 0.6 is 0 Å². The van der Waals surface area contributed by atoms with Crippen LogP contribution in [0.2, 0.25) is 0 Å². The molecule has 4 aliphatic rings. The predicted molar refractivity (Wildman–Crippen MR) is 118 cm³/mol. The SMILES string of the molecule is CCN(CC)C(=O)C1C[C@@]2(C)C(=CC1=O)N(CC(=O)O)C[C@@H]1[C@H]2CC[C@]2(C)CCC[C@@H]12. The summed E-state index contributed by atoms with van der Waals surface area (Å²) in [6.07, 6.45) is 8.18. The largest absolute Gasteiger partial charge is 0.480 e. The molecular formula is C25H38N2O4. The zero-order valence-electron chi connectivity index (χ0n) is 19.5. The predicted octanol–water partition coefficient (Wildman–Crippen LogP) is 3.57. The molecule has 1 amide bonds. The number of hydrogen-bond donors (Lipinski definition) is 1. The Labute approximate surface area is 186 Å². The van der Waals surface area contributed by atoms with Gasteiger partial charge >= 0.3 is 5.97 Å². The lowest BCUT2D eigenvalue weighted by Gasteiger charge is -2.60. The van der Waals surface area contributed by atoms with E-state index in [2.05, 4.69) is 13.8 Å². The van der Waals surface area contributed by atoms with Gasteiger partial charge in [-0.2, -0.15) is 0 Å². The molecular weight excluding hydrogens is 392 g/mol. The maximum Gasteiger partial charge on any atom is 0.323 e. The Kier molecular flexibility index (Phi) is 5.72. The maximum absolute atomic E-state index is 13.2. The number of carbonyl (C=O) groups excluding carboxylic acids is 2. The number of carboxylic acid groups (broad SMARTS) is 1. The van der Waals surface area contributed by atoms with Gasteiger partial charge in [-0.15, -0.1) is 0 Å². The van der Waals surface area contributed by atoms with Crippen molar-refractivity contribution in [3.63, 3.8) is 0 Å². The lowest BCUT2D eigenvalue weighted by molar-refractivity contribution is -0.147. The van der Waals surface area contributed by atoms with E-state index in [1.54, 1.807) is 11.0 Å². The molecule has 0 bridgehead atoms. The molecule has 1 unspecified atom stereocenters. The van der Waals surface area contributed by atoms with Gasteiger partial charge in [0.2, 0.25) is 5.91 Å². The average molecular weight is 431 g/mol. The minimum absolute atomic E-state index is 0.0695. The van der Waals surface area contributed by atoms with Crippen LogP contribution in [-0.4, -0.2) is 58.7 Å². The minimum Gasteiger partial charge on any atom is -0.480 e. The molecule has 1 saturated heterocycles. The summed E-state index contributed by atoms with van der Waals surface area (Å²) in [7, 11) is 0. The molecule has 0 aromatic carbocycles. The molecule has 6 nitrogen and oxygen atoms in total. The summed E-state index contributed by atoms with van der Waals surface area (Å²) in [5.74, 6) is -0.285. The number of hydrogen-bond acceptors (Lipinski definition) is 4. The molecule has 6 atom stereocenters. The van der Waals surface area contributed by atoms with Crippen molar-refractivity contribution < 1.29 is 19.5 Å². The lowest BCUT2D eigenvalue weighted by atomic mass is 9.49. The van der Waals surface area contributed by atoms with Gasteiger partial charge in [0.05, 0.1) is 0 Å². The van der Waals surface area contributed by atoms with Crippen LogP contribution in [0, 0.1) is 34.5 Å². The van der Waals surface area contributed by atoms with Gasteiger partial charge in [-0.05, 0) is 69.1 Å². The van der Waals surface area contributed by atoms with Crippen LogP contribution in [0.5, 0.6) is 0 Å². The molecule has 0 aromatic rings. The van der Waals surface area contributed by atoms with Crippen molar-refractivity contribution in [2.24, 2.45) is 34.5 Å². The van der Waals surface area contributed by atoms with Crippen LogP contribution in [0.25, 0.3) is 0 Å². The quantitative estimate of drug-likeness (QED) is 0.675. The molecule has 2 saturated carbocycles. The third-order valence-electron chi connectivity index (χ3n) is 9.34. The molecule has 1 aliphatic heterocycles. The first-order valence-electron chi connectivity index (χ1n) is 12.2. The van der Waals surface area contributed by atoms with Crippen molar-refractivity contribution >= 4 is 17.7 Å². The van der Waals surface area contributed by atoms with Crippen molar-refractivity contribution in [2.45, 2.75) is 66.2 Å². The Morgan fingerprint density at radius 1 is 1.16 bits per heavy atom. The van der Waals surface area contributed by atoms with Gasteiger partial charge in [-0.1, -0.05) is 20.3 Å². The number of carbonyl (C=O) groups is 3. The molecule has 1 heterocycles. The Hall–Kier alpha value is -1.85. The molecule has 3 aliphatic carbocycles. The van der Waals surface area contributed by atoms with E-state index in [0.29, 0.717) is 42.7 Å². The Balaban J connectivity index is 1.74. The van der Waals surface area contributed by atoms with Gasteiger partial charge in [0.15, 0.2) is 5.78 Å². The molecule has 3 fully saturated rings. The zero-order valence-corrected chi connectivity index (χ0v) is 19.5. The van der Waals surface area contributed by atoms with E-state index in [4.69, 9.17) is 0 Å². The molecule has 0 spiro atoms. The Bertz CT molecular complexity index is 803. The zero-order chi connectivity index (χ0) is 22.6. The average Bonchev–Trinajstić information content (AvgIpc) is 3.11. The van der Waals surface area contributed by atoms with E-state index in [-0.39, 0.29) is 23.7 Å². The summed E-state index contributed by atoms with van der Waals surface area (Å²) < 4.78 is 0. The number of allylic oxidation sites excluding steroid dienone is 2. The number of ketones is 1. The van der Waals surface area contributed by atoms with Gasteiger partial charge in [-0.25, -0.2) is 0 Å². The van der Waals surface area contributed by atoms with Gasteiger partial charge in [-0.3, -0.25) is 14.4 Å². The van der Waals surface area contributed by atoms with Crippen LogP contribution in [0.15, 0.2) is 11.8 Å². The van der Waals surface area contributed by atoms with E-state index in [9.17, 15) is 19.5 Å². The number of amides is 1. The number of aliphatic carboxylic acids is 1. The van der Waals surface area contributed by atoms with Gasteiger partial charge in [0.1, 0.15) is 12.5 Å². The third kappa shape index (κ3) is 3.50. The highest BCUT2D eigenvalue weighted by Gasteiger charge is 2.59. The van der Waals surface area contributed by atoms with Crippen molar-refractivity contribution in [2.75, 3.05) is 26.2 Å². The smallest absolute Gasteiger partial charge is 0.323 e. The van der Waals surface area contributed by atoms with Crippen LogP contribution in [0.1, 0.15) is 66.2 Å². The van der Waals surface area contributed by atoms with Crippen molar-refractivity contribution in [1.82, 2.24) is 9.80 Å². The first-order valence-corrected chi connectivity index (χ1v) is 12.2. The molecule has 6 heteroatoms. The summed E-state index contributed by atoms with van der Waals surface area (Å²) in [5.41, 5.74) is 0.893. The highest BCUT2D eigenvalue weighted by molar-refractivity contribution is 6.08. The standard InChI is InChI=1S/C25H38N2O4/c1-5-26(6-2)23(31)16-13-25(4)19-9-11-24(3)10-7-8-18(24)17(19)14-27(15-22(29)30)21(25)12-20(16)28/h12,16-19H,5-11,13-15H2,1-4H3,(H,29,30)/t16?,17-,18-,19+,24-,25+/m0/s1. The van der Waals surface area contributed by atoms with Gasteiger partial charge < -0.3 is 14.9 Å². The third-order valence-corrected chi connectivity index (χ3v) is 9.34. The first kappa shape index (κ1) is 22.3. The fourth-order valence-corrected chi connectivity index (χ4v) is 7.78. The Morgan fingerprint density at radius 2 is 1.87 bits per heavy atom. The maximum atomic E-state index is 13.2. The molecule has 1 N–H and O–H groups in total. The van der Waals surface area contributed by atoms with Gasteiger partial charge in [0.25, 0.3) is 0 Å². The normalized spacial score (nSPS) is 39.3. The van der Waals surface area contributed by atoms with Crippen molar-refractivity contribution in [1.29, 1.82) is 0 Å². The summed E-state index contributed by atoms with van der Waals surface area (Å²) in [6.45, 7) is 10.4. The minimum atomic E-state index is -0.861. The highest BCUT2D eigenvalue weighted by atomic mass is 16.4.